The maximum atomic E-state index is 6.20. The van der Waals surface area contributed by atoms with Crippen molar-refractivity contribution in [1.29, 1.82) is 0 Å². The lowest BCUT2D eigenvalue weighted by Gasteiger charge is -2.07. The van der Waals surface area contributed by atoms with Gasteiger partial charge in [0.2, 0.25) is 0 Å². The highest BCUT2D eigenvalue weighted by atomic mass is 35.5. The van der Waals surface area contributed by atoms with Gasteiger partial charge in [0.05, 0.1) is 23.1 Å². The highest BCUT2D eigenvalue weighted by Gasteiger charge is 2.15. The van der Waals surface area contributed by atoms with E-state index in [-0.39, 0.29) is 0 Å². The maximum absolute atomic E-state index is 6.20. The Morgan fingerprint density at radius 3 is 2.76 bits per heavy atom. The molecule has 3 aromatic rings. The Morgan fingerprint density at radius 1 is 1.29 bits per heavy atom. The van der Waals surface area contributed by atoms with Crippen molar-refractivity contribution >= 4 is 22.6 Å². The molecule has 3 nitrogen and oxygen atoms in total. The van der Waals surface area contributed by atoms with Gasteiger partial charge in [0.25, 0.3) is 0 Å². The van der Waals surface area contributed by atoms with Crippen molar-refractivity contribution in [3.63, 3.8) is 0 Å². The molecular formula is C17H14ClN3. The number of nitrogens with zero attached hydrogens (tertiary/aromatic N) is 3. The third-order valence-electron chi connectivity index (χ3n) is 3.61. The number of hydrogen-bond acceptors (Lipinski definition) is 2. The molecule has 0 saturated heterocycles. The van der Waals surface area contributed by atoms with Crippen molar-refractivity contribution in [1.82, 2.24) is 14.5 Å². The van der Waals surface area contributed by atoms with Crippen molar-refractivity contribution in [2.75, 3.05) is 0 Å². The molecule has 21 heavy (non-hydrogen) atoms. The van der Waals surface area contributed by atoms with Gasteiger partial charge < -0.3 is 4.57 Å². The molecule has 0 atom stereocenters. The molecule has 0 unspecified atom stereocenters. The third kappa shape index (κ3) is 2.28. The third-order valence-corrected chi connectivity index (χ3v) is 3.91. The molecule has 0 fully saturated rings. The van der Waals surface area contributed by atoms with Crippen LogP contribution in [-0.4, -0.2) is 14.5 Å². The van der Waals surface area contributed by atoms with E-state index in [1.807, 2.05) is 16.7 Å². The molecule has 3 rings (SSSR count). The smallest absolute Gasteiger partial charge is 0.145 e. The van der Waals surface area contributed by atoms with E-state index in [2.05, 4.69) is 36.9 Å². The van der Waals surface area contributed by atoms with E-state index in [4.69, 9.17) is 23.0 Å². The Labute approximate surface area is 128 Å². The fourth-order valence-electron chi connectivity index (χ4n) is 2.39. The number of pyridine rings is 1. The molecule has 0 N–H and O–H groups in total. The van der Waals surface area contributed by atoms with E-state index < -0.39 is 0 Å². The first-order valence-corrected chi connectivity index (χ1v) is 7.01. The van der Waals surface area contributed by atoms with Crippen molar-refractivity contribution in [3.05, 3.63) is 46.7 Å². The highest BCUT2D eigenvalue weighted by molar-refractivity contribution is 6.32. The van der Waals surface area contributed by atoms with Gasteiger partial charge in [-0.25, -0.2) is 9.97 Å². The number of aryl methyl sites for hydroxylation is 2. The Kier molecular flexibility index (Phi) is 3.40. The second-order valence-electron chi connectivity index (χ2n) is 4.99. The number of aromatic nitrogens is 3. The molecule has 2 heterocycles. The van der Waals surface area contributed by atoms with E-state index in [0.717, 1.165) is 22.4 Å². The highest BCUT2D eigenvalue weighted by Crippen LogP contribution is 2.30. The summed E-state index contributed by atoms with van der Waals surface area (Å²) in [6.07, 6.45) is 7.18. The van der Waals surface area contributed by atoms with Crippen LogP contribution in [0.15, 0.2) is 30.5 Å². The minimum absolute atomic E-state index is 0.430. The zero-order valence-electron chi connectivity index (χ0n) is 11.9. The van der Waals surface area contributed by atoms with Crippen molar-refractivity contribution in [3.8, 4) is 23.7 Å². The second-order valence-corrected chi connectivity index (χ2v) is 5.35. The first-order chi connectivity index (χ1) is 10.1. The summed E-state index contributed by atoms with van der Waals surface area (Å²) in [6.45, 7) is 4.60. The van der Waals surface area contributed by atoms with Crippen LogP contribution in [0, 0.1) is 26.2 Å². The Morgan fingerprint density at radius 2 is 2.05 bits per heavy atom. The largest absolute Gasteiger partial charge is 0.312 e. The Balaban J connectivity index is 2.35. The van der Waals surface area contributed by atoms with Crippen LogP contribution in [-0.2, 0) is 6.54 Å². The zero-order chi connectivity index (χ0) is 15.0. The van der Waals surface area contributed by atoms with E-state index in [1.54, 1.807) is 6.20 Å². The molecule has 0 saturated carbocycles. The molecule has 1 aromatic carbocycles. The van der Waals surface area contributed by atoms with Crippen LogP contribution in [0.2, 0.25) is 5.15 Å². The van der Waals surface area contributed by atoms with Gasteiger partial charge in [0, 0.05) is 6.20 Å². The normalized spacial score (nSPS) is 10.8. The topological polar surface area (TPSA) is 30.7 Å². The quantitative estimate of drug-likeness (QED) is 0.528. The average Bonchev–Trinajstić information content (AvgIpc) is 2.79. The first-order valence-electron chi connectivity index (χ1n) is 6.63. The summed E-state index contributed by atoms with van der Waals surface area (Å²) in [5.41, 5.74) is 5.15. The van der Waals surface area contributed by atoms with Gasteiger partial charge in [-0.05, 0) is 49.2 Å². The summed E-state index contributed by atoms with van der Waals surface area (Å²) in [4.78, 5) is 8.83. The minimum Gasteiger partial charge on any atom is -0.312 e. The standard InChI is InChI=1S/C17H14ClN3/c1-4-8-21-15-10-12(3)11(2)9-14(15)20-17(21)13-6-5-7-19-16(13)18/h1,5-7,9-10H,8H2,2-3H3. The molecule has 104 valence electrons. The number of hydrogen-bond donors (Lipinski definition) is 0. The van der Waals surface area contributed by atoms with E-state index in [0.29, 0.717) is 11.7 Å². The second kappa shape index (κ2) is 5.23. The van der Waals surface area contributed by atoms with Crippen LogP contribution in [0.1, 0.15) is 11.1 Å². The number of imidazole rings is 1. The fourth-order valence-corrected chi connectivity index (χ4v) is 2.59. The van der Waals surface area contributed by atoms with Gasteiger partial charge in [-0.1, -0.05) is 17.5 Å². The molecule has 0 bridgehead atoms. The van der Waals surface area contributed by atoms with Crippen LogP contribution in [0.25, 0.3) is 22.4 Å². The van der Waals surface area contributed by atoms with Crippen LogP contribution < -0.4 is 0 Å². The minimum atomic E-state index is 0.430. The molecule has 4 heteroatoms. The number of fused-ring (bicyclic) bond motifs is 1. The van der Waals surface area contributed by atoms with Crippen LogP contribution in [0.5, 0.6) is 0 Å². The van der Waals surface area contributed by atoms with E-state index in [1.165, 1.54) is 11.1 Å². The van der Waals surface area contributed by atoms with Gasteiger partial charge in [-0.2, -0.15) is 0 Å². The predicted molar refractivity (Wildman–Crippen MR) is 86.3 cm³/mol. The number of terminal acetylenes is 1. The molecule has 0 aliphatic rings. The summed E-state index contributed by atoms with van der Waals surface area (Å²) in [7, 11) is 0. The lowest BCUT2D eigenvalue weighted by atomic mass is 10.1. The number of halogens is 1. The SMILES string of the molecule is C#CCn1c(-c2cccnc2Cl)nc2cc(C)c(C)cc21. The van der Waals surface area contributed by atoms with Gasteiger partial charge in [0.15, 0.2) is 0 Å². The summed E-state index contributed by atoms with van der Waals surface area (Å²) in [5, 5.41) is 0.430. The first kappa shape index (κ1) is 13.7. The van der Waals surface area contributed by atoms with E-state index >= 15 is 0 Å². The summed E-state index contributed by atoms with van der Waals surface area (Å²) >= 11 is 6.20. The maximum Gasteiger partial charge on any atom is 0.145 e. The summed E-state index contributed by atoms with van der Waals surface area (Å²) < 4.78 is 2.00. The molecular weight excluding hydrogens is 282 g/mol. The summed E-state index contributed by atoms with van der Waals surface area (Å²) in [6, 6.07) is 7.94. The van der Waals surface area contributed by atoms with Crippen LogP contribution in [0.4, 0.5) is 0 Å². The number of benzene rings is 1. The van der Waals surface area contributed by atoms with Crippen molar-refractivity contribution in [2.24, 2.45) is 0 Å². The lowest BCUT2D eigenvalue weighted by Crippen LogP contribution is -2.00. The van der Waals surface area contributed by atoms with Crippen molar-refractivity contribution in [2.45, 2.75) is 20.4 Å². The van der Waals surface area contributed by atoms with Gasteiger partial charge in [-0.15, -0.1) is 6.42 Å². The lowest BCUT2D eigenvalue weighted by molar-refractivity contribution is 0.880. The molecule has 0 amide bonds. The zero-order valence-corrected chi connectivity index (χ0v) is 12.6. The predicted octanol–water partition coefficient (Wildman–Crippen LogP) is 4.00. The Bertz CT molecular complexity index is 872. The van der Waals surface area contributed by atoms with Gasteiger partial charge >= 0.3 is 0 Å². The summed E-state index contributed by atoms with van der Waals surface area (Å²) in [5.74, 6) is 3.44. The van der Waals surface area contributed by atoms with Gasteiger partial charge in [-0.3, -0.25) is 0 Å². The van der Waals surface area contributed by atoms with Crippen LogP contribution in [0.3, 0.4) is 0 Å². The van der Waals surface area contributed by atoms with E-state index in [9.17, 15) is 0 Å². The fraction of sp³-hybridized carbons (Fsp3) is 0.176. The molecule has 2 aromatic heterocycles. The number of rotatable bonds is 2. The van der Waals surface area contributed by atoms with Crippen LogP contribution >= 0.6 is 11.6 Å². The molecule has 0 radical (unpaired) electrons. The Hall–Kier alpha value is -2.31. The average molecular weight is 296 g/mol. The molecule has 0 aliphatic heterocycles. The van der Waals surface area contributed by atoms with Crippen molar-refractivity contribution < 1.29 is 0 Å². The van der Waals surface area contributed by atoms with Gasteiger partial charge in [0.1, 0.15) is 11.0 Å². The monoisotopic (exact) mass is 295 g/mol. The molecule has 0 aliphatic carbocycles. The molecule has 0 spiro atoms.